The van der Waals surface area contributed by atoms with E-state index in [2.05, 4.69) is 22.9 Å². The molecular formula is C15H28N2O2. The Bertz CT molecular complexity index is 286. The van der Waals surface area contributed by atoms with E-state index in [1.54, 1.807) is 0 Å². The number of aliphatic hydroxyl groups excluding tert-OH is 1. The van der Waals surface area contributed by atoms with Gasteiger partial charge in [-0.15, -0.1) is 0 Å². The van der Waals surface area contributed by atoms with Crippen LogP contribution in [0.5, 0.6) is 0 Å². The second-order valence-corrected chi connectivity index (χ2v) is 5.77. The molecule has 110 valence electrons. The number of ether oxygens (including phenoxy) is 1. The SMILES string of the molecule is CN(CCCO)C1CCN(CC2=CCCOC2)CC1. The maximum absolute atomic E-state index is 8.88. The fourth-order valence-electron chi connectivity index (χ4n) is 3.03. The molecule has 1 fully saturated rings. The lowest BCUT2D eigenvalue weighted by Crippen LogP contribution is -2.44. The number of hydrogen-bond donors (Lipinski definition) is 1. The lowest BCUT2D eigenvalue weighted by atomic mass is 10.0. The molecule has 0 aromatic heterocycles. The van der Waals surface area contributed by atoms with Crippen LogP contribution in [0.15, 0.2) is 11.6 Å². The topological polar surface area (TPSA) is 35.9 Å². The molecule has 0 radical (unpaired) electrons. The predicted molar refractivity (Wildman–Crippen MR) is 77.3 cm³/mol. The van der Waals surface area contributed by atoms with E-state index in [0.29, 0.717) is 12.6 Å². The van der Waals surface area contributed by atoms with Crippen LogP contribution >= 0.6 is 0 Å². The van der Waals surface area contributed by atoms with E-state index in [-0.39, 0.29) is 0 Å². The summed E-state index contributed by atoms with van der Waals surface area (Å²) in [6.45, 7) is 6.50. The molecule has 0 unspecified atom stereocenters. The molecule has 2 rings (SSSR count). The lowest BCUT2D eigenvalue weighted by Gasteiger charge is -2.37. The zero-order chi connectivity index (χ0) is 13.5. The molecule has 0 spiro atoms. The first-order valence-corrected chi connectivity index (χ1v) is 7.58. The Labute approximate surface area is 117 Å². The summed E-state index contributed by atoms with van der Waals surface area (Å²) in [6.07, 6.45) is 6.81. The van der Waals surface area contributed by atoms with Crippen molar-refractivity contribution in [3.63, 3.8) is 0 Å². The summed E-state index contributed by atoms with van der Waals surface area (Å²) in [5, 5.41) is 8.88. The van der Waals surface area contributed by atoms with Gasteiger partial charge in [0.1, 0.15) is 0 Å². The van der Waals surface area contributed by atoms with Crippen LogP contribution in [0.1, 0.15) is 25.7 Å². The third-order valence-electron chi connectivity index (χ3n) is 4.26. The molecule has 0 saturated carbocycles. The molecule has 2 aliphatic rings. The van der Waals surface area contributed by atoms with Crippen molar-refractivity contribution in [1.82, 2.24) is 9.80 Å². The van der Waals surface area contributed by atoms with E-state index in [9.17, 15) is 0 Å². The van der Waals surface area contributed by atoms with Gasteiger partial charge in [-0.2, -0.15) is 0 Å². The van der Waals surface area contributed by atoms with Gasteiger partial charge in [0.05, 0.1) is 13.2 Å². The third-order valence-corrected chi connectivity index (χ3v) is 4.26. The zero-order valence-electron chi connectivity index (χ0n) is 12.2. The minimum absolute atomic E-state index is 0.303. The van der Waals surface area contributed by atoms with Crippen LogP contribution < -0.4 is 0 Å². The van der Waals surface area contributed by atoms with Gasteiger partial charge >= 0.3 is 0 Å². The van der Waals surface area contributed by atoms with Crippen molar-refractivity contribution in [2.75, 3.05) is 53.0 Å². The molecule has 2 heterocycles. The molecule has 0 bridgehead atoms. The van der Waals surface area contributed by atoms with Crippen molar-refractivity contribution in [3.05, 3.63) is 11.6 Å². The van der Waals surface area contributed by atoms with Crippen LogP contribution in [-0.4, -0.2) is 74.0 Å². The number of nitrogens with zero attached hydrogens (tertiary/aromatic N) is 2. The molecule has 4 nitrogen and oxygen atoms in total. The molecule has 1 saturated heterocycles. The van der Waals surface area contributed by atoms with Crippen molar-refractivity contribution >= 4 is 0 Å². The maximum atomic E-state index is 8.88. The Hall–Kier alpha value is -0.420. The molecular weight excluding hydrogens is 240 g/mol. The highest BCUT2D eigenvalue weighted by Gasteiger charge is 2.22. The van der Waals surface area contributed by atoms with Gasteiger partial charge in [-0.1, -0.05) is 6.08 Å². The predicted octanol–water partition coefficient (Wildman–Crippen LogP) is 1.11. The zero-order valence-corrected chi connectivity index (χ0v) is 12.2. The normalized spacial score (nSPS) is 22.8. The van der Waals surface area contributed by atoms with Gasteiger partial charge in [0.2, 0.25) is 0 Å². The quantitative estimate of drug-likeness (QED) is 0.732. The van der Waals surface area contributed by atoms with E-state index in [4.69, 9.17) is 9.84 Å². The van der Waals surface area contributed by atoms with Gasteiger partial charge in [0, 0.05) is 25.7 Å². The lowest BCUT2D eigenvalue weighted by molar-refractivity contribution is 0.114. The van der Waals surface area contributed by atoms with Crippen LogP contribution in [0.25, 0.3) is 0 Å². The molecule has 1 N–H and O–H groups in total. The summed E-state index contributed by atoms with van der Waals surface area (Å²) in [5.41, 5.74) is 1.46. The summed E-state index contributed by atoms with van der Waals surface area (Å²) in [6, 6.07) is 0.694. The van der Waals surface area contributed by atoms with Crippen LogP contribution in [-0.2, 0) is 4.74 Å². The van der Waals surface area contributed by atoms with Gasteiger partial charge < -0.3 is 14.7 Å². The third kappa shape index (κ3) is 4.88. The van der Waals surface area contributed by atoms with Crippen molar-refractivity contribution in [2.45, 2.75) is 31.7 Å². The highest BCUT2D eigenvalue weighted by atomic mass is 16.5. The van der Waals surface area contributed by atoms with E-state index in [1.165, 1.54) is 31.5 Å². The molecule has 0 atom stereocenters. The monoisotopic (exact) mass is 268 g/mol. The Morgan fingerprint density at radius 2 is 2.21 bits per heavy atom. The number of likely N-dealkylation sites (tertiary alicyclic amines) is 1. The number of piperidine rings is 1. The van der Waals surface area contributed by atoms with Gasteiger partial charge in [-0.25, -0.2) is 0 Å². The summed E-state index contributed by atoms with van der Waals surface area (Å²) in [7, 11) is 2.19. The Morgan fingerprint density at radius 1 is 1.42 bits per heavy atom. The molecule has 4 heteroatoms. The van der Waals surface area contributed by atoms with Crippen LogP contribution in [0, 0.1) is 0 Å². The Kier molecular flexibility index (Phi) is 6.31. The summed E-state index contributed by atoms with van der Waals surface area (Å²) in [4.78, 5) is 4.97. The van der Waals surface area contributed by atoms with Crippen molar-refractivity contribution in [1.29, 1.82) is 0 Å². The second-order valence-electron chi connectivity index (χ2n) is 5.77. The van der Waals surface area contributed by atoms with E-state index in [1.807, 2.05) is 0 Å². The number of hydrogen-bond acceptors (Lipinski definition) is 4. The highest BCUT2D eigenvalue weighted by molar-refractivity contribution is 5.07. The highest BCUT2D eigenvalue weighted by Crippen LogP contribution is 2.17. The van der Waals surface area contributed by atoms with Crippen molar-refractivity contribution < 1.29 is 9.84 Å². The molecule has 0 aliphatic carbocycles. The van der Waals surface area contributed by atoms with Gasteiger partial charge in [-0.3, -0.25) is 4.90 Å². The Balaban J connectivity index is 1.68. The smallest absolute Gasteiger partial charge is 0.0689 e. The van der Waals surface area contributed by atoms with E-state index >= 15 is 0 Å². The van der Waals surface area contributed by atoms with Crippen molar-refractivity contribution in [2.24, 2.45) is 0 Å². The van der Waals surface area contributed by atoms with Gasteiger partial charge in [-0.05, 0) is 51.4 Å². The average Bonchev–Trinajstić information content (AvgIpc) is 2.46. The molecule has 0 aromatic rings. The standard InChI is InChI=1S/C15H28N2O2/c1-16(7-3-10-18)15-5-8-17(9-6-15)12-14-4-2-11-19-13-14/h4,15,18H,2-3,5-13H2,1H3. The van der Waals surface area contributed by atoms with E-state index < -0.39 is 0 Å². The fourth-order valence-corrected chi connectivity index (χ4v) is 3.03. The van der Waals surface area contributed by atoms with Gasteiger partial charge in [0.15, 0.2) is 0 Å². The second kappa shape index (κ2) is 8.00. The first-order valence-electron chi connectivity index (χ1n) is 7.58. The van der Waals surface area contributed by atoms with Crippen LogP contribution in [0.3, 0.4) is 0 Å². The number of aliphatic hydroxyl groups is 1. The first kappa shape index (κ1) is 15.0. The first-order chi connectivity index (χ1) is 9.29. The molecule has 0 aromatic carbocycles. The maximum Gasteiger partial charge on any atom is 0.0689 e. The van der Waals surface area contributed by atoms with Gasteiger partial charge in [0.25, 0.3) is 0 Å². The van der Waals surface area contributed by atoms with E-state index in [0.717, 1.165) is 39.1 Å². The fraction of sp³-hybridized carbons (Fsp3) is 0.867. The van der Waals surface area contributed by atoms with Crippen LogP contribution in [0.4, 0.5) is 0 Å². The Morgan fingerprint density at radius 3 is 2.84 bits per heavy atom. The van der Waals surface area contributed by atoms with Crippen molar-refractivity contribution in [3.8, 4) is 0 Å². The minimum atomic E-state index is 0.303. The summed E-state index contributed by atoms with van der Waals surface area (Å²) < 4.78 is 5.50. The largest absolute Gasteiger partial charge is 0.396 e. The molecule has 19 heavy (non-hydrogen) atoms. The minimum Gasteiger partial charge on any atom is -0.396 e. The molecule has 2 aliphatic heterocycles. The molecule has 0 amide bonds. The summed E-state index contributed by atoms with van der Waals surface area (Å²) >= 11 is 0. The number of rotatable bonds is 6. The summed E-state index contributed by atoms with van der Waals surface area (Å²) in [5.74, 6) is 0. The van der Waals surface area contributed by atoms with Crippen LogP contribution in [0.2, 0.25) is 0 Å². The average molecular weight is 268 g/mol.